The lowest BCUT2D eigenvalue weighted by Gasteiger charge is -2.27. The Morgan fingerprint density at radius 3 is 2.75 bits per heavy atom. The summed E-state index contributed by atoms with van der Waals surface area (Å²) in [6.07, 6.45) is 1.78. The van der Waals surface area contributed by atoms with E-state index in [1.54, 1.807) is 17.5 Å². The highest BCUT2D eigenvalue weighted by molar-refractivity contribution is 7.13. The van der Waals surface area contributed by atoms with Crippen molar-refractivity contribution < 1.29 is 5.11 Å². The van der Waals surface area contributed by atoms with Gasteiger partial charge < -0.3 is 5.11 Å². The van der Waals surface area contributed by atoms with Gasteiger partial charge in [-0.25, -0.2) is 4.98 Å². The number of pyridine rings is 1. The Labute approximate surface area is 124 Å². The summed E-state index contributed by atoms with van der Waals surface area (Å²) < 4.78 is 0. The van der Waals surface area contributed by atoms with Crippen LogP contribution >= 0.6 is 11.3 Å². The summed E-state index contributed by atoms with van der Waals surface area (Å²) in [6.45, 7) is 8.04. The lowest BCUT2D eigenvalue weighted by atomic mass is 10.1. The highest BCUT2D eigenvalue weighted by Gasteiger charge is 2.18. The second-order valence-electron chi connectivity index (χ2n) is 5.47. The van der Waals surface area contributed by atoms with E-state index in [1.165, 1.54) is 0 Å². The minimum Gasteiger partial charge on any atom is -0.389 e. The van der Waals surface area contributed by atoms with Gasteiger partial charge in [0.05, 0.1) is 17.0 Å². The molecule has 0 atom stereocenters. The van der Waals surface area contributed by atoms with E-state index in [0.717, 1.165) is 29.5 Å². The molecule has 108 valence electrons. The fourth-order valence-corrected chi connectivity index (χ4v) is 2.83. The van der Waals surface area contributed by atoms with Gasteiger partial charge in [-0.05, 0) is 32.5 Å². The molecule has 0 radical (unpaired) electrons. The van der Waals surface area contributed by atoms with E-state index < -0.39 is 5.60 Å². The molecule has 0 saturated heterocycles. The highest BCUT2D eigenvalue weighted by Crippen LogP contribution is 2.22. The maximum atomic E-state index is 9.91. The molecule has 1 N–H and O–H groups in total. The predicted molar refractivity (Wildman–Crippen MR) is 82.6 cm³/mol. The van der Waals surface area contributed by atoms with E-state index in [0.29, 0.717) is 6.54 Å². The Bertz CT molecular complexity index is 534. The molecule has 5 heteroatoms. The van der Waals surface area contributed by atoms with Gasteiger partial charge in [0, 0.05) is 24.7 Å². The Kier molecular flexibility index (Phi) is 4.86. The third-order valence-electron chi connectivity index (χ3n) is 2.88. The van der Waals surface area contributed by atoms with Crippen molar-refractivity contribution in [2.45, 2.75) is 32.9 Å². The average molecular weight is 291 g/mol. The second-order valence-corrected chi connectivity index (χ2v) is 6.33. The normalized spacial score (nSPS) is 12.1. The van der Waals surface area contributed by atoms with E-state index in [1.807, 2.05) is 32.0 Å². The van der Waals surface area contributed by atoms with Crippen LogP contribution in [0, 0.1) is 0 Å². The molecule has 2 rings (SSSR count). The molecule has 0 spiro atoms. The number of aromatic nitrogens is 2. The van der Waals surface area contributed by atoms with E-state index in [4.69, 9.17) is 0 Å². The maximum Gasteiger partial charge on any atom is 0.142 e. The Morgan fingerprint density at radius 2 is 2.15 bits per heavy atom. The van der Waals surface area contributed by atoms with E-state index in [2.05, 4.69) is 27.2 Å². The molecule has 0 bridgehead atoms. The van der Waals surface area contributed by atoms with Crippen molar-refractivity contribution in [2.75, 3.05) is 13.1 Å². The zero-order chi connectivity index (χ0) is 14.6. The van der Waals surface area contributed by atoms with Crippen molar-refractivity contribution in [3.05, 3.63) is 35.5 Å². The van der Waals surface area contributed by atoms with Crippen LogP contribution in [0.15, 0.2) is 29.8 Å². The number of likely N-dealkylation sites (N-methyl/N-ethyl adjacent to an activating group) is 1. The smallest absolute Gasteiger partial charge is 0.142 e. The summed E-state index contributed by atoms with van der Waals surface area (Å²) in [7, 11) is 0. The topological polar surface area (TPSA) is 49.2 Å². The van der Waals surface area contributed by atoms with Gasteiger partial charge in [0.2, 0.25) is 0 Å². The zero-order valence-corrected chi connectivity index (χ0v) is 13.0. The van der Waals surface area contributed by atoms with Crippen LogP contribution in [0.25, 0.3) is 10.7 Å². The maximum absolute atomic E-state index is 9.91. The first-order chi connectivity index (χ1) is 9.48. The lowest BCUT2D eigenvalue weighted by Crippen LogP contribution is -2.38. The molecule has 0 amide bonds. The summed E-state index contributed by atoms with van der Waals surface area (Å²) in [5.41, 5.74) is 1.26. The van der Waals surface area contributed by atoms with Crippen LogP contribution in [-0.4, -0.2) is 38.7 Å². The highest BCUT2D eigenvalue weighted by atomic mass is 32.1. The van der Waals surface area contributed by atoms with Gasteiger partial charge >= 0.3 is 0 Å². The fraction of sp³-hybridized carbons (Fsp3) is 0.467. The zero-order valence-electron chi connectivity index (χ0n) is 12.2. The van der Waals surface area contributed by atoms with Crippen LogP contribution < -0.4 is 0 Å². The molecule has 20 heavy (non-hydrogen) atoms. The molecule has 0 fully saturated rings. The largest absolute Gasteiger partial charge is 0.389 e. The summed E-state index contributed by atoms with van der Waals surface area (Å²) in [5.74, 6) is 0. The average Bonchev–Trinajstić information content (AvgIpc) is 2.86. The van der Waals surface area contributed by atoms with Crippen LogP contribution in [0.4, 0.5) is 0 Å². The van der Waals surface area contributed by atoms with Gasteiger partial charge in [0.15, 0.2) is 0 Å². The van der Waals surface area contributed by atoms with E-state index >= 15 is 0 Å². The van der Waals surface area contributed by atoms with Crippen LogP contribution in [0.2, 0.25) is 0 Å². The molecule has 4 nitrogen and oxygen atoms in total. The molecule has 0 aromatic carbocycles. The Morgan fingerprint density at radius 1 is 1.35 bits per heavy atom. The number of thiazole rings is 1. The molecule has 2 aromatic rings. The summed E-state index contributed by atoms with van der Waals surface area (Å²) >= 11 is 1.61. The first kappa shape index (κ1) is 15.1. The minimum atomic E-state index is -0.685. The third kappa shape index (κ3) is 4.37. The molecular weight excluding hydrogens is 270 g/mol. The monoisotopic (exact) mass is 291 g/mol. The van der Waals surface area contributed by atoms with Crippen molar-refractivity contribution in [3.63, 3.8) is 0 Å². The van der Waals surface area contributed by atoms with E-state index in [9.17, 15) is 5.11 Å². The molecule has 2 heterocycles. The molecule has 0 unspecified atom stereocenters. The number of nitrogens with zero attached hydrogens (tertiary/aromatic N) is 3. The van der Waals surface area contributed by atoms with Crippen molar-refractivity contribution in [1.29, 1.82) is 0 Å². The van der Waals surface area contributed by atoms with Gasteiger partial charge in [-0.15, -0.1) is 11.3 Å². The SMILES string of the molecule is CCN(Cc1csc(-c2ccccn2)n1)CC(C)(C)O. The van der Waals surface area contributed by atoms with Gasteiger partial charge in [0.25, 0.3) is 0 Å². The van der Waals surface area contributed by atoms with Crippen LogP contribution in [-0.2, 0) is 6.54 Å². The first-order valence-corrected chi connectivity index (χ1v) is 7.66. The predicted octanol–water partition coefficient (Wildman–Crippen LogP) is 2.80. The number of aliphatic hydroxyl groups is 1. The quantitative estimate of drug-likeness (QED) is 0.889. The van der Waals surface area contributed by atoms with Gasteiger partial charge in [-0.3, -0.25) is 9.88 Å². The fourth-order valence-electron chi connectivity index (χ4n) is 2.04. The van der Waals surface area contributed by atoms with Crippen molar-refractivity contribution in [3.8, 4) is 10.7 Å². The minimum absolute atomic E-state index is 0.639. The second kappa shape index (κ2) is 6.43. The lowest BCUT2D eigenvalue weighted by molar-refractivity contribution is 0.0350. The summed E-state index contributed by atoms with van der Waals surface area (Å²) in [5, 5.41) is 12.9. The molecule has 0 aliphatic rings. The van der Waals surface area contributed by atoms with E-state index in [-0.39, 0.29) is 0 Å². The first-order valence-electron chi connectivity index (χ1n) is 6.78. The third-order valence-corrected chi connectivity index (χ3v) is 3.79. The van der Waals surface area contributed by atoms with Gasteiger partial charge in [-0.1, -0.05) is 13.0 Å². The number of hydrogen-bond donors (Lipinski definition) is 1. The summed E-state index contributed by atoms with van der Waals surface area (Å²) in [6, 6.07) is 5.84. The van der Waals surface area contributed by atoms with Crippen LogP contribution in [0.1, 0.15) is 26.5 Å². The molecule has 0 aliphatic carbocycles. The Balaban J connectivity index is 2.05. The Hall–Kier alpha value is -1.30. The van der Waals surface area contributed by atoms with Crippen molar-refractivity contribution >= 4 is 11.3 Å². The molecule has 2 aromatic heterocycles. The van der Waals surface area contributed by atoms with Crippen molar-refractivity contribution in [2.24, 2.45) is 0 Å². The van der Waals surface area contributed by atoms with Gasteiger partial charge in [0.1, 0.15) is 5.01 Å². The number of rotatable bonds is 6. The molecule has 0 saturated carbocycles. The van der Waals surface area contributed by atoms with Crippen LogP contribution in [0.3, 0.4) is 0 Å². The summed E-state index contributed by atoms with van der Waals surface area (Å²) in [4.78, 5) is 11.1. The van der Waals surface area contributed by atoms with Crippen LogP contribution in [0.5, 0.6) is 0 Å². The number of hydrogen-bond acceptors (Lipinski definition) is 5. The van der Waals surface area contributed by atoms with Gasteiger partial charge in [-0.2, -0.15) is 0 Å². The van der Waals surface area contributed by atoms with Crippen molar-refractivity contribution in [1.82, 2.24) is 14.9 Å². The molecule has 0 aliphatic heterocycles. The molecular formula is C15H21N3OS. The standard InChI is InChI=1S/C15H21N3OS/c1-4-18(11-15(2,3)19)9-12-10-20-14(17-12)13-7-5-6-8-16-13/h5-8,10,19H,4,9,11H2,1-3H3.